The van der Waals surface area contributed by atoms with E-state index in [0.717, 1.165) is 17.7 Å². The Bertz CT molecular complexity index is 879. The van der Waals surface area contributed by atoms with Gasteiger partial charge in [0.1, 0.15) is 5.75 Å². The van der Waals surface area contributed by atoms with Gasteiger partial charge in [0.25, 0.3) is 5.91 Å². The van der Waals surface area contributed by atoms with Crippen molar-refractivity contribution in [2.45, 2.75) is 12.8 Å². The molecule has 0 saturated heterocycles. The lowest BCUT2D eigenvalue weighted by Gasteiger charge is -2.10. The molecule has 0 bridgehead atoms. The molecule has 3 aromatic rings. The van der Waals surface area contributed by atoms with E-state index >= 15 is 0 Å². The number of rotatable bonds is 3. The molecule has 0 unspecified atom stereocenters. The average molecular weight is 341 g/mol. The highest BCUT2D eigenvalue weighted by atomic mass is 32.1. The predicted molar refractivity (Wildman–Crippen MR) is 96.0 cm³/mol. The van der Waals surface area contributed by atoms with Crippen LogP contribution in [-0.2, 0) is 12.8 Å². The highest BCUT2D eigenvalue weighted by Crippen LogP contribution is 2.42. The minimum Gasteiger partial charge on any atom is -0.495 e. The maximum Gasteiger partial charge on any atom is 0.265 e. The summed E-state index contributed by atoms with van der Waals surface area (Å²) in [7, 11) is 1.60. The summed E-state index contributed by atoms with van der Waals surface area (Å²) in [4.78, 5) is 16.0. The maximum absolute atomic E-state index is 12.6. The van der Waals surface area contributed by atoms with E-state index in [4.69, 9.17) is 4.74 Å². The molecule has 116 valence electrons. The number of nitrogens with one attached hydrogen (secondary N) is 1. The summed E-state index contributed by atoms with van der Waals surface area (Å²) in [6.07, 6.45) is 2.09. The van der Waals surface area contributed by atoms with Gasteiger partial charge in [-0.15, -0.1) is 22.7 Å². The molecule has 0 fully saturated rings. The van der Waals surface area contributed by atoms with E-state index < -0.39 is 0 Å². The van der Waals surface area contributed by atoms with Gasteiger partial charge in [-0.1, -0.05) is 12.1 Å². The van der Waals surface area contributed by atoms with Crippen molar-refractivity contribution in [3.63, 3.8) is 0 Å². The SMILES string of the molecule is COc1ccccc1NC(=O)c1cc2c(s1)-c1ccsc1CC2. The third-order valence-corrected chi connectivity index (χ3v) is 6.19. The van der Waals surface area contributed by atoms with Gasteiger partial charge in [-0.05, 0) is 48.1 Å². The van der Waals surface area contributed by atoms with E-state index in [1.807, 2.05) is 30.3 Å². The quantitative estimate of drug-likeness (QED) is 0.740. The molecule has 1 aliphatic carbocycles. The zero-order valence-corrected chi connectivity index (χ0v) is 14.2. The Hall–Kier alpha value is -2.11. The highest BCUT2D eigenvalue weighted by Gasteiger charge is 2.22. The lowest BCUT2D eigenvalue weighted by atomic mass is 9.98. The molecule has 0 saturated carbocycles. The Kier molecular flexibility index (Phi) is 3.67. The number of thiophene rings is 2. The van der Waals surface area contributed by atoms with Crippen LogP contribution in [0.15, 0.2) is 41.8 Å². The fraction of sp³-hybridized carbons (Fsp3) is 0.167. The van der Waals surface area contributed by atoms with Crippen LogP contribution in [0.1, 0.15) is 20.1 Å². The molecule has 2 heterocycles. The van der Waals surface area contributed by atoms with Crippen LogP contribution in [0.3, 0.4) is 0 Å². The van der Waals surface area contributed by atoms with Crippen molar-refractivity contribution < 1.29 is 9.53 Å². The van der Waals surface area contributed by atoms with Crippen molar-refractivity contribution in [2.75, 3.05) is 12.4 Å². The van der Waals surface area contributed by atoms with Crippen LogP contribution >= 0.6 is 22.7 Å². The van der Waals surface area contributed by atoms with E-state index in [0.29, 0.717) is 11.4 Å². The second-order valence-corrected chi connectivity index (χ2v) is 7.43. The third-order valence-electron chi connectivity index (χ3n) is 4.00. The summed E-state index contributed by atoms with van der Waals surface area (Å²) in [5.41, 5.74) is 3.28. The fourth-order valence-corrected chi connectivity index (χ4v) is 4.98. The minimum absolute atomic E-state index is 0.0781. The number of hydrogen-bond donors (Lipinski definition) is 1. The summed E-state index contributed by atoms with van der Waals surface area (Å²) >= 11 is 3.38. The van der Waals surface area contributed by atoms with E-state index in [9.17, 15) is 4.79 Å². The lowest BCUT2D eigenvalue weighted by Crippen LogP contribution is -2.11. The molecule has 2 aromatic heterocycles. The Morgan fingerprint density at radius 1 is 1.22 bits per heavy atom. The Morgan fingerprint density at radius 3 is 2.96 bits per heavy atom. The number of para-hydroxylation sites is 2. The van der Waals surface area contributed by atoms with E-state index in [-0.39, 0.29) is 5.91 Å². The monoisotopic (exact) mass is 341 g/mol. The number of ether oxygens (including phenoxy) is 1. The zero-order chi connectivity index (χ0) is 15.8. The van der Waals surface area contributed by atoms with Gasteiger partial charge in [0.15, 0.2) is 0 Å². The van der Waals surface area contributed by atoms with E-state index in [1.54, 1.807) is 29.8 Å². The molecule has 0 radical (unpaired) electrons. The first-order valence-electron chi connectivity index (χ1n) is 7.40. The molecule has 4 rings (SSSR count). The molecule has 1 amide bonds. The van der Waals surface area contributed by atoms with Crippen LogP contribution < -0.4 is 10.1 Å². The molecule has 1 aliphatic rings. The van der Waals surface area contributed by atoms with Gasteiger partial charge in [0, 0.05) is 15.3 Å². The lowest BCUT2D eigenvalue weighted by molar-refractivity contribution is 0.103. The van der Waals surface area contributed by atoms with Crippen LogP contribution in [0.5, 0.6) is 5.75 Å². The number of carbonyl (C=O) groups excluding carboxylic acids is 1. The van der Waals surface area contributed by atoms with Gasteiger partial charge in [0.2, 0.25) is 0 Å². The fourth-order valence-electron chi connectivity index (χ4n) is 2.87. The number of benzene rings is 1. The third kappa shape index (κ3) is 2.56. The van der Waals surface area contributed by atoms with Gasteiger partial charge in [-0.3, -0.25) is 4.79 Å². The van der Waals surface area contributed by atoms with Crippen LogP contribution in [0, 0.1) is 0 Å². The number of amides is 1. The van der Waals surface area contributed by atoms with Gasteiger partial charge in [0.05, 0.1) is 17.7 Å². The molecule has 1 N–H and O–H groups in total. The molecule has 3 nitrogen and oxygen atoms in total. The molecule has 0 atom stereocenters. The first-order chi connectivity index (χ1) is 11.3. The average Bonchev–Trinajstić information content (AvgIpc) is 3.21. The molecule has 1 aromatic carbocycles. The van der Waals surface area contributed by atoms with Gasteiger partial charge < -0.3 is 10.1 Å². The van der Waals surface area contributed by atoms with Crippen LogP contribution in [0.2, 0.25) is 0 Å². The Balaban J connectivity index is 1.64. The molecular weight excluding hydrogens is 326 g/mol. The van der Waals surface area contributed by atoms with Crippen molar-refractivity contribution in [1.82, 2.24) is 0 Å². The Labute approximate surface area is 142 Å². The van der Waals surface area contributed by atoms with Crippen molar-refractivity contribution in [2.24, 2.45) is 0 Å². The maximum atomic E-state index is 12.6. The molecule has 0 spiro atoms. The molecular formula is C18H15NO2S2. The number of carbonyl (C=O) groups is 1. The topological polar surface area (TPSA) is 38.3 Å². The summed E-state index contributed by atoms with van der Waals surface area (Å²) in [6, 6.07) is 11.7. The zero-order valence-electron chi connectivity index (χ0n) is 12.6. The van der Waals surface area contributed by atoms with Crippen molar-refractivity contribution >= 4 is 34.3 Å². The minimum atomic E-state index is -0.0781. The van der Waals surface area contributed by atoms with Crippen molar-refractivity contribution in [1.29, 1.82) is 0 Å². The van der Waals surface area contributed by atoms with Crippen LogP contribution in [0.4, 0.5) is 5.69 Å². The smallest absolute Gasteiger partial charge is 0.265 e. The summed E-state index contributed by atoms with van der Waals surface area (Å²) in [5.74, 6) is 0.591. The number of hydrogen-bond acceptors (Lipinski definition) is 4. The second kappa shape index (κ2) is 5.83. The van der Waals surface area contributed by atoms with Gasteiger partial charge >= 0.3 is 0 Å². The van der Waals surface area contributed by atoms with Gasteiger partial charge in [-0.2, -0.15) is 0 Å². The van der Waals surface area contributed by atoms with Crippen LogP contribution in [-0.4, -0.2) is 13.0 Å². The number of aryl methyl sites for hydroxylation is 2. The number of anilines is 1. The largest absolute Gasteiger partial charge is 0.495 e. The Morgan fingerprint density at radius 2 is 2.09 bits per heavy atom. The van der Waals surface area contributed by atoms with Gasteiger partial charge in [-0.25, -0.2) is 0 Å². The summed E-state index contributed by atoms with van der Waals surface area (Å²) in [5, 5.41) is 5.09. The molecule has 23 heavy (non-hydrogen) atoms. The van der Waals surface area contributed by atoms with Crippen LogP contribution in [0.25, 0.3) is 10.4 Å². The van der Waals surface area contributed by atoms with E-state index in [2.05, 4.69) is 16.8 Å². The second-order valence-electron chi connectivity index (χ2n) is 5.38. The highest BCUT2D eigenvalue weighted by molar-refractivity contribution is 7.18. The van der Waals surface area contributed by atoms with Crippen molar-refractivity contribution in [3.05, 3.63) is 57.1 Å². The standard InChI is InChI=1S/C18H15NO2S2/c1-21-14-5-3-2-4-13(14)19-18(20)16-10-11-6-7-15-12(8-9-22-15)17(11)23-16/h2-5,8-10H,6-7H2,1H3,(H,19,20). The summed E-state index contributed by atoms with van der Waals surface area (Å²) in [6.45, 7) is 0. The number of methoxy groups -OCH3 is 1. The first kappa shape index (κ1) is 14.5. The van der Waals surface area contributed by atoms with E-state index in [1.165, 1.54) is 20.9 Å². The molecule has 5 heteroatoms. The number of fused-ring (bicyclic) bond motifs is 3. The van der Waals surface area contributed by atoms with Crippen molar-refractivity contribution in [3.8, 4) is 16.2 Å². The normalized spacial score (nSPS) is 12.4. The summed E-state index contributed by atoms with van der Waals surface area (Å²) < 4.78 is 5.29. The first-order valence-corrected chi connectivity index (χ1v) is 9.09. The predicted octanol–water partition coefficient (Wildman–Crippen LogP) is 4.84. The molecule has 0 aliphatic heterocycles.